The number of hydrogen-bond acceptors (Lipinski definition) is 5. The molecular weight excluding hydrogens is 319 g/mol. The number of nitrogens with zero attached hydrogens (tertiary/aromatic N) is 2. The van der Waals surface area contributed by atoms with Gasteiger partial charge in [0.25, 0.3) is 11.6 Å². The summed E-state index contributed by atoms with van der Waals surface area (Å²) in [7, 11) is 0. The van der Waals surface area contributed by atoms with Gasteiger partial charge in [0.2, 0.25) is 0 Å². The summed E-state index contributed by atoms with van der Waals surface area (Å²) in [5.74, 6) is -0.802. The molecule has 1 aromatic heterocycles. The minimum Gasteiger partial charge on any atom is -0.383 e. The van der Waals surface area contributed by atoms with E-state index in [9.17, 15) is 14.9 Å². The summed E-state index contributed by atoms with van der Waals surface area (Å²) in [4.78, 5) is 25.8. The highest BCUT2D eigenvalue weighted by Crippen LogP contribution is 2.26. The van der Waals surface area contributed by atoms with Crippen LogP contribution in [0.25, 0.3) is 0 Å². The lowest BCUT2D eigenvalue weighted by Gasteiger charge is -2.08. The third kappa shape index (κ3) is 3.39. The lowest BCUT2D eigenvalue weighted by Crippen LogP contribution is -2.15. The third-order valence-corrected chi connectivity index (χ3v) is 3.10. The minimum absolute atomic E-state index is 0.125. The molecule has 21 heavy (non-hydrogen) atoms. The average molecular weight is 327 g/mol. The lowest BCUT2D eigenvalue weighted by atomic mass is 10.2. The van der Waals surface area contributed by atoms with Crippen molar-refractivity contribution in [1.29, 1.82) is 0 Å². The summed E-state index contributed by atoms with van der Waals surface area (Å²) in [6.07, 6.45) is 0.971. The van der Waals surface area contributed by atoms with E-state index in [0.29, 0.717) is 5.02 Å². The van der Waals surface area contributed by atoms with Crippen LogP contribution in [0.5, 0.6) is 0 Å². The number of benzene rings is 1. The monoisotopic (exact) mass is 326 g/mol. The molecule has 7 nitrogen and oxygen atoms in total. The summed E-state index contributed by atoms with van der Waals surface area (Å²) in [5.41, 5.74) is 5.36. The van der Waals surface area contributed by atoms with Crippen molar-refractivity contribution in [1.82, 2.24) is 4.98 Å². The van der Waals surface area contributed by atoms with Crippen LogP contribution in [0.2, 0.25) is 10.0 Å². The molecule has 2 aromatic rings. The van der Waals surface area contributed by atoms with Crippen LogP contribution in [-0.2, 0) is 0 Å². The SMILES string of the molecule is Nc1ncc([N+](=O)[O-])cc1C(=O)Nc1cc(Cl)ccc1Cl. The average Bonchev–Trinajstić information content (AvgIpc) is 2.43. The number of nitrogens with two attached hydrogens (primary N) is 1. The Hall–Kier alpha value is -2.38. The molecular formula is C12H8Cl2N4O3. The zero-order valence-corrected chi connectivity index (χ0v) is 11.9. The molecule has 0 aliphatic carbocycles. The second-order valence-corrected chi connectivity index (χ2v) is 4.81. The van der Waals surface area contributed by atoms with E-state index in [1.807, 2.05) is 0 Å². The Morgan fingerprint density at radius 3 is 2.71 bits per heavy atom. The number of nitro groups is 1. The van der Waals surface area contributed by atoms with Crippen molar-refractivity contribution in [2.24, 2.45) is 0 Å². The zero-order chi connectivity index (χ0) is 15.6. The predicted molar refractivity (Wildman–Crippen MR) is 79.7 cm³/mol. The molecule has 1 heterocycles. The van der Waals surface area contributed by atoms with Crippen LogP contribution in [0.15, 0.2) is 30.5 Å². The fourth-order valence-corrected chi connectivity index (χ4v) is 1.87. The normalized spacial score (nSPS) is 10.2. The van der Waals surface area contributed by atoms with Crippen LogP contribution in [0, 0.1) is 10.1 Å². The number of hydrogen-bond donors (Lipinski definition) is 2. The van der Waals surface area contributed by atoms with Gasteiger partial charge in [-0.05, 0) is 18.2 Å². The number of amides is 1. The number of rotatable bonds is 3. The van der Waals surface area contributed by atoms with Crippen LogP contribution >= 0.6 is 23.2 Å². The molecule has 0 radical (unpaired) electrons. The summed E-state index contributed by atoms with van der Waals surface area (Å²) in [6, 6.07) is 5.55. The van der Waals surface area contributed by atoms with E-state index in [1.54, 1.807) is 6.07 Å². The van der Waals surface area contributed by atoms with Crippen molar-refractivity contribution in [2.75, 3.05) is 11.1 Å². The predicted octanol–water partition coefficient (Wildman–Crippen LogP) is 3.13. The second kappa shape index (κ2) is 5.94. The molecule has 0 aliphatic rings. The molecule has 3 N–H and O–H groups in total. The highest BCUT2D eigenvalue weighted by Gasteiger charge is 2.17. The van der Waals surface area contributed by atoms with E-state index in [1.165, 1.54) is 12.1 Å². The second-order valence-electron chi connectivity index (χ2n) is 3.96. The minimum atomic E-state index is -0.673. The topological polar surface area (TPSA) is 111 Å². The lowest BCUT2D eigenvalue weighted by molar-refractivity contribution is -0.385. The van der Waals surface area contributed by atoms with Crippen LogP contribution in [-0.4, -0.2) is 15.8 Å². The van der Waals surface area contributed by atoms with Gasteiger partial charge in [-0.3, -0.25) is 14.9 Å². The Balaban J connectivity index is 2.34. The summed E-state index contributed by atoms with van der Waals surface area (Å²) >= 11 is 11.7. The maximum Gasteiger partial charge on any atom is 0.288 e. The Morgan fingerprint density at radius 1 is 1.33 bits per heavy atom. The highest BCUT2D eigenvalue weighted by atomic mass is 35.5. The molecule has 0 saturated heterocycles. The number of nitrogens with one attached hydrogen (secondary N) is 1. The Labute approximate surface area is 128 Å². The van der Waals surface area contributed by atoms with Gasteiger partial charge in [-0.15, -0.1) is 0 Å². The van der Waals surface area contributed by atoms with Gasteiger partial charge in [0.15, 0.2) is 0 Å². The summed E-state index contributed by atoms with van der Waals surface area (Å²) in [6.45, 7) is 0. The van der Waals surface area contributed by atoms with E-state index in [-0.39, 0.29) is 27.8 Å². The zero-order valence-electron chi connectivity index (χ0n) is 10.3. The summed E-state index contributed by atoms with van der Waals surface area (Å²) < 4.78 is 0. The standard InChI is InChI=1S/C12H8Cl2N4O3/c13-6-1-2-9(14)10(3-6)17-12(19)8-4-7(18(20)21)5-16-11(8)15/h1-5H,(H2,15,16)(H,17,19). The smallest absolute Gasteiger partial charge is 0.288 e. The van der Waals surface area contributed by atoms with Crippen molar-refractivity contribution < 1.29 is 9.72 Å². The fraction of sp³-hybridized carbons (Fsp3) is 0. The number of pyridine rings is 1. The molecule has 0 bridgehead atoms. The first kappa shape index (κ1) is 15.0. The van der Waals surface area contributed by atoms with Crippen LogP contribution in [0.1, 0.15) is 10.4 Å². The van der Waals surface area contributed by atoms with Crippen molar-refractivity contribution in [3.63, 3.8) is 0 Å². The Bertz CT molecular complexity index is 736. The number of carbonyl (C=O) groups excluding carboxylic acids is 1. The van der Waals surface area contributed by atoms with E-state index in [0.717, 1.165) is 12.3 Å². The van der Waals surface area contributed by atoms with Gasteiger partial charge < -0.3 is 11.1 Å². The number of carbonyl (C=O) groups is 1. The van der Waals surface area contributed by atoms with Gasteiger partial charge in [0.1, 0.15) is 12.0 Å². The highest BCUT2D eigenvalue weighted by molar-refractivity contribution is 6.36. The van der Waals surface area contributed by atoms with Crippen LogP contribution in [0.4, 0.5) is 17.2 Å². The number of anilines is 2. The van der Waals surface area contributed by atoms with Crippen LogP contribution < -0.4 is 11.1 Å². The number of halogens is 2. The molecule has 108 valence electrons. The molecule has 0 spiro atoms. The van der Waals surface area contributed by atoms with Gasteiger partial charge in [-0.1, -0.05) is 23.2 Å². The molecule has 1 aromatic carbocycles. The fourth-order valence-electron chi connectivity index (χ4n) is 1.53. The molecule has 0 fully saturated rings. The van der Waals surface area contributed by atoms with Gasteiger partial charge in [0, 0.05) is 11.1 Å². The van der Waals surface area contributed by atoms with E-state index < -0.39 is 10.8 Å². The van der Waals surface area contributed by atoms with E-state index in [2.05, 4.69) is 10.3 Å². The summed E-state index contributed by atoms with van der Waals surface area (Å²) in [5, 5.41) is 13.8. The molecule has 1 amide bonds. The largest absolute Gasteiger partial charge is 0.383 e. The van der Waals surface area contributed by atoms with Crippen molar-refractivity contribution in [3.8, 4) is 0 Å². The number of nitrogen functional groups attached to an aromatic ring is 1. The first-order chi connectivity index (χ1) is 9.88. The Morgan fingerprint density at radius 2 is 2.05 bits per heavy atom. The van der Waals surface area contributed by atoms with Crippen molar-refractivity contribution in [2.45, 2.75) is 0 Å². The molecule has 0 atom stereocenters. The first-order valence-corrected chi connectivity index (χ1v) is 6.30. The van der Waals surface area contributed by atoms with Gasteiger partial charge in [-0.25, -0.2) is 4.98 Å². The number of aromatic nitrogens is 1. The quantitative estimate of drug-likeness (QED) is 0.664. The van der Waals surface area contributed by atoms with Gasteiger partial charge in [0.05, 0.1) is 21.2 Å². The third-order valence-electron chi connectivity index (χ3n) is 2.54. The van der Waals surface area contributed by atoms with Gasteiger partial charge in [-0.2, -0.15) is 0 Å². The first-order valence-electron chi connectivity index (χ1n) is 5.55. The van der Waals surface area contributed by atoms with E-state index in [4.69, 9.17) is 28.9 Å². The molecule has 0 unspecified atom stereocenters. The van der Waals surface area contributed by atoms with E-state index >= 15 is 0 Å². The van der Waals surface area contributed by atoms with Crippen molar-refractivity contribution in [3.05, 3.63) is 56.2 Å². The molecule has 9 heteroatoms. The van der Waals surface area contributed by atoms with Gasteiger partial charge >= 0.3 is 0 Å². The Kier molecular flexibility index (Phi) is 4.25. The molecule has 2 rings (SSSR count). The maximum atomic E-state index is 12.1. The van der Waals surface area contributed by atoms with Crippen molar-refractivity contribution >= 4 is 46.3 Å². The molecule has 0 aliphatic heterocycles. The molecule has 0 saturated carbocycles. The van der Waals surface area contributed by atoms with Crippen LogP contribution in [0.3, 0.4) is 0 Å². The maximum absolute atomic E-state index is 12.1.